The highest BCUT2D eigenvalue weighted by Crippen LogP contribution is 2.29. The van der Waals surface area contributed by atoms with Crippen molar-refractivity contribution in [1.29, 1.82) is 0 Å². The molecule has 19 heavy (non-hydrogen) atoms. The van der Waals surface area contributed by atoms with Crippen molar-refractivity contribution >= 4 is 37.3 Å². The summed E-state index contributed by atoms with van der Waals surface area (Å²) in [5.74, 6) is 0.372. The summed E-state index contributed by atoms with van der Waals surface area (Å²) in [6.07, 6.45) is 5.73. The van der Waals surface area contributed by atoms with Gasteiger partial charge in [0.1, 0.15) is 4.21 Å². The predicted molar refractivity (Wildman–Crippen MR) is 81.8 cm³/mol. The minimum atomic E-state index is -3.44. The molecule has 1 atom stereocenters. The van der Waals surface area contributed by atoms with Crippen molar-refractivity contribution in [3.63, 3.8) is 0 Å². The summed E-state index contributed by atoms with van der Waals surface area (Å²) in [6, 6.07) is 3.22. The zero-order valence-electron chi connectivity index (χ0n) is 10.6. The number of sulfonamides is 1. The van der Waals surface area contributed by atoms with Crippen LogP contribution in [0.5, 0.6) is 0 Å². The lowest BCUT2D eigenvalue weighted by Gasteiger charge is -2.29. The summed E-state index contributed by atoms with van der Waals surface area (Å²) in [5.41, 5.74) is 5.76. The van der Waals surface area contributed by atoms with Crippen LogP contribution < -0.4 is 10.5 Å². The van der Waals surface area contributed by atoms with E-state index < -0.39 is 10.0 Å². The molecule has 7 heteroatoms. The third kappa shape index (κ3) is 4.01. The molecule has 2 rings (SSSR count). The van der Waals surface area contributed by atoms with Crippen LogP contribution >= 0.6 is 27.3 Å². The van der Waals surface area contributed by atoms with Gasteiger partial charge in [0.05, 0.1) is 3.79 Å². The number of hydrogen-bond donors (Lipinski definition) is 2. The average molecular weight is 367 g/mol. The smallest absolute Gasteiger partial charge is 0.250 e. The van der Waals surface area contributed by atoms with Crippen LogP contribution in [0.4, 0.5) is 0 Å². The first kappa shape index (κ1) is 15.4. The third-order valence-electron chi connectivity index (χ3n) is 3.59. The van der Waals surface area contributed by atoms with E-state index in [1.54, 1.807) is 12.1 Å². The lowest BCUT2D eigenvalue weighted by molar-refractivity contribution is 0.294. The maximum atomic E-state index is 12.3. The zero-order chi connectivity index (χ0) is 13.9. The first-order valence-electron chi connectivity index (χ1n) is 6.50. The summed E-state index contributed by atoms with van der Waals surface area (Å²) in [7, 11) is -3.44. The second kappa shape index (κ2) is 6.67. The van der Waals surface area contributed by atoms with Gasteiger partial charge in [0, 0.05) is 12.6 Å². The predicted octanol–water partition coefficient (Wildman–Crippen LogP) is 2.70. The van der Waals surface area contributed by atoms with Gasteiger partial charge in [0.2, 0.25) is 10.0 Å². The van der Waals surface area contributed by atoms with E-state index >= 15 is 0 Å². The minimum absolute atomic E-state index is 0.147. The Balaban J connectivity index is 2.08. The molecule has 1 saturated carbocycles. The quantitative estimate of drug-likeness (QED) is 0.841. The Kier molecular flexibility index (Phi) is 5.42. The van der Waals surface area contributed by atoms with Gasteiger partial charge in [-0.1, -0.05) is 19.3 Å². The maximum Gasteiger partial charge on any atom is 0.250 e. The van der Waals surface area contributed by atoms with Gasteiger partial charge in [-0.2, -0.15) is 0 Å². The Morgan fingerprint density at radius 3 is 2.58 bits per heavy atom. The molecule has 3 N–H and O–H groups in total. The van der Waals surface area contributed by atoms with Gasteiger partial charge in [-0.3, -0.25) is 0 Å². The van der Waals surface area contributed by atoms with E-state index in [4.69, 9.17) is 5.73 Å². The number of nitrogens with two attached hydrogens (primary N) is 1. The van der Waals surface area contributed by atoms with Gasteiger partial charge in [0.15, 0.2) is 0 Å². The minimum Gasteiger partial charge on any atom is -0.329 e. The first-order chi connectivity index (χ1) is 9.03. The van der Waals surface area contributed by atoms with Crippen molar-refractivity contribution in [3.05, 3.63) is 15.9 Å². The van der Waals surface area contributed by atoms with Gasteiger partial charge < -0.3 is 5.73 Å². The van der Waals surface area contributed by atoms with E-state index in [1.807, 2.05) is 0 Å². The highest BCUT2D eigenvalue weighted by Gasteiger charge is 2.28. The van der Waals surface area contributed by atoms with Crippen molar-refractivity contribution < 1.29 is 8.42 Å². The number of hydrogen-bond acceptors (Lipinski definition) is 4. The van der Waals surface area contributed by atoms with Crippen molar-refractivity contribution in [2.24, 2.45) is 11.7 Å². The van der Waals surface area contributed by atoms with E-state index in [-0.39, 0.29) is 6.04 Å². The van der Waals surface area contributed by atoms with E-state index in [9.17, 15) is 8.42 Å². The molecule has 0 bridgehead atoms. The van der Waals surface area contributed by atoms with Gasteiger partial charge >= 0.3 is 0 Å². The summed E-state index contributed by atoms with van der Waals surface area (Å²) in [6.45, 7) is 0.358. The molecule has 0 saturated heterocycles. The molecular weight excluding hydrogens is 348 g/mol. The second-order valence-electron chi connectivity index (χ2n) is 4.92. The Bertz CT molecular complexity index is 510. The topological polar surface area (TPSA) is 72.2 Å². The molecule has 1 aromatic heterocycles. The van der Waals surface area contributed by atoms with Crippen LogP contribution in [0, 0.1) is 5.92 Å². The van der Waals surface area contributed by atoms with E-state index in [2.05, 4.69) is 20.7 Å². The number of nitrogens with one attached hydrogen (secondary N) is 1. The SMILES string of the molecule is NCC(NS(=O)(=O)c1ccc(Br)s1)C1CCCCC1. The van der Waals surface area contributed by atoms with Crippen LogP contribution in [0.15, 0.2) is 20.1 Å². The van der Waals surface area contributed by atoms with Gasteiger partial charge in [-0.05, 0) is 46.8 Å². The van der Waals surface area contributed by atoms with E-state index in [0.29, 0.717) is 16.7 Å². The molecule has 0 aliphatic heterocycles. The van der Waals surface area contributed by atoms with Crippen molar-refractivity contribution in [1.82, 2.24) is 4.72 Å². The van der Waals surface area contributed by atoms with Crippen LogP contribution in [-0.4, -0.2) is 21.0 Å². The molecular formula is C12H19BrN2O2S2. The second-order valence-corrected chi connectivity index (χ2v) is 9.32. The molecule has 0 aromatic carbocycles. The van der Waals surface area contributed by atoms with Crippen molar-refractivity contribution in [2.45, 2.75) is 42.4 Å². The summed E-state index contributed by atoms with van der Waals surface area (Å²) < 4.78 is 28.5. The van der Waals surface area contributed by atoms with Gasteiger partial charge in [-0.15, -0.1) is 11.3 Å². The Morgan fingerprint density at radius 2 is 2.05 bits per heavy atom. The molecule has 0 radical (unpaired) electrons. The molecule has 1 unspecified atom stereocenters. The molecule has 0 amide bonds. The zero-order valence-corrected chi connectivity index (χ0v) is 13.9. The van der Waals surface area contributed by atoms with Gasteiger partial charge in [0.25, 0.3) is 0 Å². The monoisotopic (exact) mass is 366 g/mol. The van der Waals surface area contributed by atoms with Crippen LogP contribution in [0.3, 0.4) is 0 Å². The van der Waals surface area contributed by atoms with Crippen LogP contribution in [0.1, 0.15) is 32.1 Å². The lowest BCUT2D eigenvalue weighted by atomic mass is 9.84. The lowest BCUT2D eigenvalue weighted by Crippen LogP contribution is -2.45. The summed E-state index contributed by atoms with van der Waals surface area (Å²) in [4.78, 5) is 0. The molecule has 108 valence electrons. The van der Waals surface area contributed by atoms with E-state index in [0.717, 1.165) is 16.6 Å². The Morgan fingerprint density at radius 1 is 1.37 bits per heavy atom. The normalized spacial score (nSPS) is 19.5. The average Bonchev–Trinajstić information content (AvgIpc) is 2.85. The largest absolute Gasteiger partial charge is 0.329 e. The highest BCUT2D eigenvalue weighted by molar-refractivity contribution is 9.11. The van der Waals surface area contributed by atoms with E-state index in [1.165, 1.54) is 30.6 Å². The molecule has 1 heterocycles. The molecule has 1 fully saturated rings. The highest BCUT2D eigenvalue weighted by atomic mass is 79.9. The van der Waals surface area contributed by atoms with Gasteiger partial charge in [-0.25, -0.2) is 13.1 Å². The van der Waals surface area contributed by atoms with Crippen LogP contribution in [-0.2, 0) is 10.0 Å². The maximum absolute atomic E-state index is 12.3. The fourth-order valence-electron chi connectivity index (χ4n) is 2.57. The molecule has 0 spiro atoms. The molecule has 1 aliphatic rings. The molecule has 1 aliphatic carbocycles. The third-order valence-corrected chi connectivity index (χ3v) is 7.20. The van der Waals surface area contributed by atoms with Crippen molar-refractivity contribution in [2.75, 3.05) is 6.54 Å². The first-order valence-corrected chi connectivity index (χ1v) is 9.60. The van der Waals surface area contributed by atoms with Crippen LogP contribution in [0.25, 0.3) is 0 Å². The molecule has 1 aromatic rings. The van der Waals surface area contributed by atoms with Crippen LogP contribution in [0.2, 0.25) is 0 Å². The summed E-state index contributed by atoms with van der Waals surface area (Å²) in [5, 5.41) is 0. The number of halogens is 1. The fourth-order valence-corrected chi connectivity index (χ4v) is 5.92. The Hall–Kier alpha value is 0.0500. The molecule has 4 nitrogen and oxygen atoms in total. The Labute approximate surface area is 127 Å². The number of rotatable bonds is 5. The van der Waals surface area contributed by atoms with Crippen molar-refractivity contribution in [3.8, 4) is 0 Å². The number of thiophene rings is 1. The fraction of sp³-hybridized carbons (Fsp3) is 0.667. The summed E-state index contributed by atoms with van der Waals surface area (Å²) >= 11 is 4.51. The standard InChI is InChI=1S/C12H19BrN2O2S2/c13-11-6-7-12(18-11)19(16,17)15-10(8-14)9-4-2-1-3-5-9/h6-7,9-10,15H,1-5,8,14H2.